The number of carbonyl (C=O) groups is 2. The van der Waals surface area contributed by atoms with Crippen LogP contribution in [0.1, 0.15) is 13.8 Å². The Balaban J connectivity index is 1.64. The summed E-state index contributed by atoms with van der Waals surface area (Å²) in [4.78, 5) is 29.0. The number of benzene rings is 3. The van der Waals surface area contributed by atoms with Gasteiger partial charge >= 0.3 is 11.8 Å². The first-order valence-electron chi connectivity index (χ1n) is 9.90. The van der Waals surface area contributed by atoms with Crippen LogP contribution in [-0.4, -0.2) is 24.9 Å². The van der Waals surface area contributed by atoms with Crippen LogP contribution in [0.5, 0.6) is 0 Å². The Labute approximate surface area is 181 Å². The van der Waals surface area contributed by atoms with E-state index in [2.05, 4.69) is 29.4 Å². The highest BCUT2D eigenvalue weighted by molar-refractivity contribution is 7.99. The van der Waals surface area contributed by atoms with Crippen molar-refractivity contribution in [2.75, 3.05) is 28.6 Å². The van der Waals surface area contributed by atoms with E-state index in [1.807, 2.05) is 60.7 Å². The third kappa shape index (κ3) is 5.64. The molecule has 0 unspecified atom stereocenters. The monoisotopic (exact) mass is 419 g/mol. The van der Waals surface area contributed by atoms with E-state index in [-0.39, 0.29) is 0 Å². The maximum Gasteiger partial charge on any atom is 0.314 e. The van der Waals surface area contributed by atoms with Crippen molar-refractivity contribution in [1.29, 1.82) is 0 Å². The van der Waals surface area contributed by atoms with Gasteiger partial charge in [0.2, 0.25) is 0 Å². The number of carbonyl (C=O) groups excluding carboxylic acids is 2. The Bertz CT molecular complexity index is 987. The van der Waals surface area contributed by atoms with E-state index in [0.717, 1.165) is 28.6 Å². The fourth-order valence-electron chi connectivity index (χ4n) is 2.99. The molecule has 0 heterocycles. The van der Waals surface area contributed by atoms with Gasteiger partial charge in [-0.3, -0.25) is 9.59 Å². The molecule has 3 rings (SSSR count). The SMILES string of the molecule is CCN(CC)c1ccc(NC(=O)C(=O)Nc2ccccc2Sc2ccccc2)cc1. The van der Waals surface area contributed by atoms with Crippen molar-refractivity contribution in [2.45, 2.75) is 23.6 Å². The van der Waals surface area contributed by atoms with Crippen LogP contribution in [-0.2, 0) is 9.59 Å². The molecule has 0 aliphatic carbocycles. The molecule has 3 aromatic carbocycles. The van der Waals surface area contributed by atoms with Gasteiger partial charge in [0.15, 0.2) is 0 Å². The van der Waals surface area contributed by atoms with Gasteiger partial charge in [-0.15, -0.1) is 0 Å². The van der Waals surface area contributed by atoms with Crippen LogP contribution >= 0.6 is 11.8 Å². The van der Waals surface area contributed by atoms with Crippen LogP contribution in [0.4, 0.5) is 17.1 Å². The van der Waals surface area contributed by atoms with E-state index in [9.17, 15) is 9.59 Å². The van der Waals surface area contributed by atoms with E-state index < -0.39 is 11.8 Å². The number of hydrogen-bond donors (Lipinski definition) is 2. The first-order valence-corrected chi connectivity index (χ1v) is 10.7. The van der Waals surface area contributed by atoms with Gasteiger partial charge in [-0.25, -0.2) is 0 Å². The Morgan fingerprint density at radius 3 is 2.03 bits per heavy atom. The Kier molecular flexibility index (Phi) is 7.51. The molecule has 0 aromatic heterocycles. The van der Waals surface area contributed by atoms with Gasteiger partial charge in [-0.05, 0) is 62.4 Å². The third-order valence-electron chi connectivity index (χ3n) is 4.57. The summed E-state index contributed by atoms with van der Waals surface area (Å²) in [6, 6.07) is 24.8. The third-order valence-corrected chi connectivity index (χ3v) is 5.65. The van der Waals surface area contributed by atoms with Crippen LogP contribution < -0.4 is 15.5 Å². The van der Waals surface area contributed by atoms with Gasteiger partial charge in [0.1, 0.15) is 0 Å². The molecule has 154 valence electrons. The molecule has 30 heavy (non-hydrogen) atoms. The lowest BCUT2D eigenvalue weighted by atomic mass is 10.2. The number of nitrogens with zero attached hydrogens (tertiary/aromatic N) is 1. The van der Waals surface area contributed by atoms with E-state index >= 15 is 0 Å². The molecule has 0 fully saturated rings. The van der Waals surface area contributed by atoms with Crippen LogP contribution in [0, 0.1) is 0 Å². The maximum absolute atomic E-state index is 12.4. The lowest BCUT2D eigenvalue weighted by Crippen LogP contribution is -2.29. The minimum atomic E-state index is -0.705. The molecule has 0 atom stereocenters. The second kappa shape index (κ2) is 10.5. The van der Waals surface area contributed by atoms with Crippen LogP contribution in [0.2, 0.25) is 0 Å². The molecular weight excluding hydrogens is 394 g/mol. The van der Waals surface area contributed by atoms with Crippen molar-refractivity contribution >= 4 is 40.6 Å². The summed E-state index contributed by atoms with van der Waals surface area (Å²) in [6.45, 7) is 6.00. The van der Waals surface area contributed by atoms with Crippen LogP contribution in [0.15, 0.2) is 88.7 Å². The minimum Gasteiger partial charge on any atom is -0.372 e. The highest BCUT2D eigenvalue weighted by atomic mass is 32.2. The zero-order chi connectivity index (χ0) is 21.3. The topological polar surface area (TPSA) is 61.4 Å². The second-order valence-electron chi connectivity index (χ2n) is 6.54. The summed E-state index contributed by atoms with van der Waals surface area (Å²) in [7, 11) is 0. The summed E-state index contributed by atoms with van der Waals surface area (Å²) in [5.74, 6) is -1.41. The average molecular weight is 420 g/mol. The van der Waals surface area contributed by atoms with E-state index in [0.29, 0.717) is 11.4 Å². The van der Waals surface area contributed by atoms with Crippen molar-refractivity contribution in [3.8, 4) is 0 Å². The summed E-state index contributed by atoms with van der Waals surface area (Å²) in [6.07, 6.45) is 0. The molecule has 0 aliphatic rings. The summed E-state index contributed by atoms with van der Waals surface area (Å²) in [5, 5.41) is 5.38. The van der Waals surface area contributed by atoms with Gasteiger partial charge in [0.25, 0.3) is 0 Å². The Morgan fingerprint density at radius 1 is 0.767 bits per heavy atom. The molecule has 0 spiro atoms. The van der Waals surface area contributed by atoms with Gasteiger partial charge < -0.3 is 15.5 Å². The quantitative estimate of drug-likeness (QED) is 0.513. The Hall–Kier alpha value is -3.25. The van der Waals surface area contributed by atoms with Gasteiger partial charge in [-0.2, -0.15) is 0 Å². The van der Waals surface area contributed by atoms with E-state index in [1.54, 1.807) is 18.2 Å². The molecule has 0 saturated carbocycles. The van der Waals surface area contributed by atoms with Crippen molar-refractivity contribution in [1.82, 2.24) is 0 Å². The fourth-order valence-corrected chi connectivity index (χ4v) is 3.91. The summed E-state index contributed by atoms with van der Waals surface area (Å²) in [5.41, 5.74) is 2.26. The highest BCUT2D eigenvalue weighted by Crippen LogP contribution is 2.33. The number of nitrogens with one attached hydrogen (secondary N) is 2. The zero-order valence-electron chi connectivity index (χ0n) is 17.1. The standard InChI is InChI=1S/C24H25N3O2S/c1-3-27(4-2)19-16-14-18(15-17-19)25-23(28)24(29)26-21-12-8-9-13-22(21)30-20-10-6-5-7-11-20/h5-17H,3-4H2,1-2H3,(H,25,28)(H,26,29). The molecule has 3 aromatic rings. The summed E-state index contributed by atoms with van der Waals surface area (Å²) < 4.78 is 0. The summed E-state index contributed by atoms with van der Waals surface area (Å²) >= 11 is 1.53. The minimum absolute atomic E-state index is 0.581. The molecule has 0 radical (unpaired) electrons. The molecule has 6 heteroatoms. The Morgan fingerprint density at radius 2 is 1.37 bits per heavy atom. The molecular formula is C24H25N3O2S. The van der Waals surface area contributed by atoms with Gasteiger partial charge in [0, 0.05) is 34.3 Å². The average Bonchev–Trinajstić information content (AvgIpc) is 2.78. The van der Waals surface area contributed by atoms with Gasteiger partial charge in [-0.1, -0.05) is 42.1 Å². The van der Waals surface area contributed by atoms with Crippen molar-refractivity contribution in [3.05, 3.63) is 78.9 Å². The number of amides is 2. The van der Waals surface area contributed by atoms with Crippen molar-refractivity contribution in [2.24, 2.45) is 0 Å². The van der Waals surface area contributed by atoms with E-state index in [1.165, 1.54) is 11.8 Å². The maximum atomic E-state index is 12.4. The predicted molar refractivity (Wildman–Crippen MR) is 124 cm³/mol. The molecule has 5 nitrogen and oxygen atoms in total. The predicted octanol–water partition coefficient (Wildman–Crippen LogP) is 5.26. The van der Waals surface area contributed by atoms with Crippen LogP contribution in [0.3, 0.4) is 0 Å². The van der Waals surface area contributed by atoms with E-state index in [4.69, 9.17) is 0 Å². The largest absolute Gasteiger partial charge is 0.372 e. The number of para-hydroxylation sites is 1. The number of rotatable bonds is 7. The fraction of sp³-hybridized carbons (Fsp3) is 0.167. The number of hydrogen-bond acceptors (Lipinski definition) is 4. The molecule has 0 aliphatic heterocycles. The highest BCUT2D eigenvalue weighted by Gasteiger charge is 2.16. The first kappa shape index (κ1) is 21.5. The normalized spacial score (nSPS) is 10.3. The molecule has 2 amide bonds. The van der Waals surface area contributed by atoms with Crippen molar-refractivity contribution in [3.63, 3.8) is 0 Å². The lowest BCUT2D eigenvalue weighted by Gasteiger charge is -2.21. The van der Waals surface area contributed by atoms with Gasteiger partial charge in [0.05, 0.1) is 5.69 Å². The smallest absolute Gasteiger partial charge is 0.314 e. The first-order chi connectivity index (χ1) is 14.6. The lowest BCUT2D eigenvalue weighted by molar-refractivity contribution is -0.133. The van der Waals surface area contributed by atoms with Crippen LogP contribution in [0.25, 0.3) is 0 Å². The zero-order valence-corrected chi connectivity index (χ0v) is 17.9. The molecule has 0 bridgehead atoms. The van der Waals surface area contributed by atoms with Crippen molar-refractivity contribution < 1.29 is 9.59 Å². The second-order valence-corrected chi connectivity index (χ2v) is 7.65. The number of anilines is 3. The molecule has 2 N–H and O–H groups in total. The molecule has 0 saturated heterocycles.